The Bertz CT molecular complexity index is 414. The average Bonchev–Trinajstić information content (AvgIpc) is 2.38. The SMILES string of the molecule is C/C(=N/N[Si](C(C)C)(C(C)C)C(C)C)c1ccccc1. The molecule has 1 rings (SSSR count). The monoisotopic (exact) mass is 290 g/mol. The van der Waals surface area contributed by atoms with E-state index in [-0.39, 0.29) is 0 Å². The van der Waals surface area contributed by atoms with Crippen molar-refractivity contribution in [1.29, 1.82) is 0 Å². The van der Waals surface area contributed by atoms with Crippen LogP contribution < -0.4 is 5.09 Å². The molecule has 0 saturated heterocycles. The van der Waals surface area contributed by atoms with E-state index in [4.69, 9.17) is 5.10 Å². The van der Waals surface area contributed by atoms with E-state index in [9.17, 15) is 0 Å². The van der Waals surface area contributed by atoms with Crippen LogP contribution in [-0.4, -0.2) is 13.9 Å². The highest BCUT2D eigenvalue weighted by atomic mass is 28.3. The second-order valence-corrected chi connectivity index (χ2v) is 12.1. The van der Waals surface area contributed by atoms with Gasteiger partial charge in [-0.25, -0.2) is 0 Å². The first kappa shape index (κ1) is 17.0. The van der Waals surface area contributed by atoms with Gasteiger partial charge in [-0.3, -0.25) is 0 Å². The van der Waals surface area contributed by atoms with Crippen LogP contribution in [0.15, 0.2) is 35.4 Å². The van der Waals surface area contributed by atoms with Crippen LogP contribution in [-0.2, 0) is 0 Å². The Hall–Kier alpha value is -1.09. The number of nitrogens with zero attached hydrogens (tertiary/aromatic N) is 1. The van der Waals surface area contributed by atoms with Crippen molar-refractivity contribution in [1.82, 2.24) is 5.09 Å². The molecule has 0 heterocycles. The van der Waals surface area contributed by atoms with Gasteiger partial charge in [0.2, 0.25) is 0 Å². The van der Waals surface area contributed by atoms with Crippen molar-refractivity contribution >= 4 is 13.9 Å². The lowest BCUT2D eigenvalue weighted by atomic mass is 10.1. The third-order valence-electron chi connectivity index (χ3n) is 4.47. The second kappa shape index (κ2) is 7.07. The average molecular weight is 291 g/mol. The summed E-state index contributed by atoms with van der Waals surface area (Å²) < 4.78 is 0. The molecule has 0 bridgehead atoms. The van der Waals surface area contributed by atoms with E-state index < -0.39 is 8.24 Å². The number of hydrogen-bond acceptors (Lipinski definition) is 2. The fourth-order valence-electron chi connectivity index (χ4n) is 3.31. The van der Waals surface area contributed by atoms with Gasteiger partial charge in [0.15, 0.2) is 8.24 Å². The van der Waals surface area contributed by atoms with Crippen LogP contribution in [0, 0.1) is 0 Å². The number of nitrogens with one attached hydrogen (secondary N) is 1. The summed E-state index contributed by atoms with van der Waals surface area (Å²) in [4.78, 5) is 0. The van der Waals surface area contributed by atoms with Gasteiger partial charge in [-0.05, 0) is 29.1 Å². The van der Waals surface area contributed by atoms with Crippen LogP contribution >= 0.6 is 0 Å². The summed E-state index contributed by atoms with van der Waals surface area (Å²) in [5.41, 5.74) is 4.25. The summed E-state index contributed by atoms with van der Waals surface area (Å²) in [5.74, 6) is 0. The quantitative estimate of drug-likeness (QED) is 0.436. The van der Waals surface area contributed by atoms with Crippen LogP contribution in [0.1, 0.15) is 54.0 Å². The smallest absolute Gasteiger partial charge is 0.181 e. The van der Waals surface area contributed by atoms with E-state index >= 15 is 0 Å². The third-order valence-corrected chi connectivity index (χ3v) is 10.7. The van der Waals surface area contributed by atoms with Crippen LogP contribution in [0.2, 0.25) is 16.6 Å². The lowest BCUT2D eigenvalue weighted by molar-refractivity contribution is 0.748. The van der Waals surface area contributed by atoms with Crippen LogP contribution in [0.5, 0.6) is 0 Å². The van der Waals surface area contributed by atoms with Crippen molar-refractivity contribution in [3.63, 3.8) is 0 Å². The van der Waals surface area contributed by atoms with Gasteiger partial charge in [-0.2, -0.15) is 5.10 Å². The predicted molar refractivity (Wildman–Crippen MR) is 92.8 cm³/mol. The molecule has 0 unspecified atom stereocenters. The Balaban J connectivity index is 3.03. The van der Waals surface area contributed by atoms with E-state index in [1.54, 1.807) is 0 Å². The first-order chi connectivity index (χ1) is 9.32. The van der Waals surface area contributed by atoms with E-state index in [1.807, 2.05) is 6.07 Å². The Morgan fingerprint density at radius 3 is 1.75 bits per heavy atom. The first-order valence-corrected chi connectivity index (χ1v) is 9.92. The summed E-state index contributed by atoms with van der Waals surface area (Å²) >= 11 is 0. The molecule has 0 saturated carbocycles. The van der Waals surface area contributed by atoms with Crippen molar-refractivity contribution < 1.29 is 0 Å². The molecule has 1 aromatic rings. The molecule has 0 fully saturated rings. The Morgan fingerprint density at radius 1 is 0.900 bits per heavy atom. The summed E-state index contributed by atoms with van der Waals surface area (Å²) in [6.07, 6.45) is 0. The van der Waals surface area contributed by atoms with E-state index in [2.05, 4.69) is 77.8 Å². The molecule has 0 radical (unpaired) electrons. The summed E-state index contributed by atoms with van der Waals surface area (Å²) in [5, 5.41) is 8.42. The molecule has 20 heavy (non-hydrogen) atoms. The molecular formula is C17H30N2Si. The zero-order valence-corrected chi connectivity index (χ0v) is 15.1. The lowest BCUT2D eigenvalue weighted by Gasteiger charge is -2.42. The predicted octanol–water partition coefficient (Wildman–Crippen LogP) is 5.18. The molecular weight excluding hydrogens is 260 g/mol. The summed E-state index contributed by atoms with van der Waals surface area (Å²) in [6, 6.07) is 10.4. The minimum Gasteiger partial charge on any atom is -0.335 e. The van der Waals surface area contributed by atoms with Crippen molar-refractivity contribution in [3.8, 4) is 0 Å². The first-order valence-electron chi connectivity index (χ1n) is 7.69. The number of hydrazone groups is 1. The van der Waals surface area contributed by atoms with Crippen molar-refractivity contribution in [3.05, 3.63) is 35.9 Å². The molecule has 2 nitrogen and oxygen atoms in total. The molecule has 0 aliphatic carbocycles. The van der Waals surface area contributed by atoms with E-state index in [1.165, 1.54) is 5.56 Å². The van der Waals surface area contributed by atoms with Gasteiger partial charge in [0.1, 0.15) is 0 Å². The van der Waals surface area contributed by atoms with Crippen LogP contribution in [0.25, 0.3) is 0 Å². The Morgan fingerprint density at radius 2 is 1.35 bits per heavy atom. The Labute approximate surface area is 125 Å². The zero-order chi connectivity index (χ0) is 15.3. The van der Waals surface area contributed by atoms with Crippen molar-refractivity contribution in [2.75, 3.05) is 0 Å². The highest BCUT2D eigenvalue weighted by molar-refractivity contribution is 6.81. The highest BCUT2D eigenvalue weighted by Gasteiger charge is 2.43. The van der Waals surface area contributed by atoms with E-state index in [0.29, 0.717) is 16.6 Å². The van der Waals surface area contributed by atoms with Crippen molar-refractivity contribution in [2.45, 2.75) is 65.1 Å². The summed E-state index contributed by atoms with van der Waals surface area (Å²) in [7, 11) is -1.66. The highest BCUT2D eigenvalue weighted by Crippen LogP contribution is 2.39. The lowest BCUT2D eigenvalue weighted by Crippen LogP contribution is -2.56. The minimum absolute atomic E-state index is 0.662. The standard InChI is InChI=1S/C17H30N2Si/c1-13(2)20(14(3)4,15(5)6)19-18-16(7)17-11-9-8-10-12-17/h8-15,19H,1-7H3/b18-16-. The van der Waals surface area contributed by atoms with Gasteiger partial charge < -0.3 is 5.09 Å². The molecule has 0 aromatic heterocycles. The molecule has 112 valence electrons. The van der Waals surface area contributed by atoms with Crippen LogP contribution in [0.4, 0.5) is 0 Å². The topological polar surface area (TPSA) is 24.4 Å². The van der Waals surface area contributed by atoms with Gasteiger partial charge in [-0.15, -0.1) is 0 Å². The number of benzene rings is 1. The fourth-order valence-corrected chi connectivity index (χ4v) is 8.45. The van der Waals surface area contributed by atoms with E-state index in [0.717, 1.165) is 5.71 Å². The minimum atomic E-state index is -1.66. The second-order valence-electron chi connectivity index (χ2n) is 6.57. The maximum absolute atomic E-state index is 4.76. The maximum atomic E-state index is 4.76. The maximum Gasteiger partial charge on any atom is 0.181 e. The number of rotatable bonds is 6. The van der Waals surface area contributed by atoms with Crippen molar-refractivity contribution in [2.24, 2.45) is 5.10 Å². The molecule has 1 aromatic carbocycles. The summed E-state index contributed by atoms with van der Waals surface area (Å²) in [6.45, 7) is 16.1. The number of hydrogen-bond donors (Lipinski definition) is 1. The molecule has 0 aliphatic heterocycles. The molecule has 0 spiro atoms. The molecule has 1 N–H and O–H groups in total. The largest absolute Gasteiger partial charge is 0.335 e. The molecule has 0 amide bonds. The van der Waals surface area contributed by atoms with Gasteiger partial charge in [-0.1, -0.05) is 71.9 Å². The molecule has 0 aliphatic rings. The molecule has 0 atom stereocenters. The fraction of sp³-hybridized carbons (Fsp3) is 0.588. The third kappa shape index (κ3) is 3.51. The van der Waals surface area contributed by atoms with Gasteiger partial charge in [0.25, 0.3) is 0 Å². The van der Waals surface area contributed by atoms with Gasteiger partial charge >= 0.3 is 0 Å². The normalized spacial score (nSPS) is 13.4. The van der Waals surface area contributed by atoms with Gasteiger partial charge in [0.05, 0.1) is 5.71 Å². The van der Waals surface area contributed by atoms with Crippen LogP contribution in [0.3, 0.4) is 0 Å². The Kier molecular flexibility index (Phi) is 6.00. The molecule has 3 heteroatoms. The zero-order valence-electron chi connectivity index (χ0n) is 14.1. The van der Waals surface area contributed by atoms with Gasteiger partial charge in [0, 0.05) is 0 Å².